The maximum Gasteiger partial charge on any atom is 0.573 e. The van der Waals surface area contributed by atoms with Gasteiger partial charge in [0.1, 0.15) is 16.5 Å². The molecule has 2 aromatic carbocycles. The molecular formula is C21H15F3N4O2S. The van der Waals surface area contributed by atoms with E-state index in [-0.39, 0.29) is 5.75 Å². The number of rotatable bonds is 6. The van der Waals surface area contributed by atoms with Gasteiger partial charge in [-0.3, -0.25) is 4.98 Å². The first-order chi connectivity index (χ1) is 14.9. The number of benzene rings is 2. The molecule has 0 atom stereocenters. The summed E-state index contributed by atoms with van der Waals surface area (Å²) in [6, 6.07) is 16.6. The molecule has 31 heavy (non-hydrogen) atoms. The van der Waals surface area contributed by atoms with Crippen molar-refractivity contribution in [2.75, 3.05) is 12.4 Å². The fourth-order valence-electron chi connectivity index (χ4n) is 2.90. The molecular weight excluding hydrogens is 429 g/mol. The van der Waals surface area contributed by atoms with Crippen molar-refractivity contribution in [2.45, 2.75) is 6.36 Å². The minimum atomic E-state index is -4.73. The quantitative estimate of drug-likeness (QED) is 0.398. The summed E-state index contributed by atoms with van der Waals surface area (Å²) in [6.07, 6.45) is -3.03. The number of nitrogens with one attached hydrogen (secondary N) is 1. The van der Waals surface area contributed by atoms with Gasteiger partial charge in [0.2, 0.25) is 5.13 Å². The van der Waals surface area contributed by atoms with Gasteiger partial charge in [0, 0.05) is 17.4 Å². The Hall–Kier alpha value is -3.66. The molecule has 6 nitrogen and oxygen atoms in total. The first-order valence-electron chi connectivity index (χ1n) is 8.98. The topological polar surface area (TPSA) is 69.2 Å². The highest BCUT2D eigenvalue weighted by Crippen LogP contribution is 2.40. The lowest BCUT2D eigenvalue weighted by atomic mass is 10.0. The lowest BCUT2D eigenvalue weighted by Gasteiger charge is -2.11. The number of methoxy groups -OCH3 is 1. The molecule has 0 spiro atoms. The number of hydrogen-bond donors (Lipinski definition) is 1. The summed E-state index contributed by atoms with van der Waals surface area (Å²) >= 11 is 1.30. The summed E-state index contributed by atoms with van der Waals surface area (Å²) in [5, 5.41) is 12.6. The number of hydrogen-bond acceptors (Lipinski definition) is 7. The normalized spacial score (nSPS) is 11.2. The number of aromatic nitrogens is 3. The molecule has 0 bridgehead atoms. The van der Waals surface area contributed by atoms with Gasteiger partial charge in [0.25, 0.3) is 0 Å². The van der Waals surface area contributed by atoms with Gasteiger partial charge in [0.05, 0.1) is 18.4 Å². The van der Waals surface area contributed by atoms with Gasteiger partial charge >= 0.3 is 6.36 Å². The number of ether oxygens (including phenoxy) is 2. The Bertz CT molecular complexity index is 1170. The van der Waals surface area contributed by atoms with Gasteiger partial charge in [0.15, 0.2) is 0 Å². The van der Waals surface area contributed by atoms with Crippen LogP contribution in [0.15, 0.2) is 66.9 Å². The van der Waals surface area contributed by atoms with Gasteiger partial charge < -0.3 is 14.8 Å². The lowest BCUT2D eigenvalue weighted by molar-refractivity contribution is -0.274. The van der Waals surface area contributed by atoms with Crippen LogP contribution in [0.2, 0.25) is 0 Å². The van der Waals surface area contributed by atoms with Crippen LogP contribution in [0.4, 0.5) is 24.0 Å². The molecule has 4 aromatic rings. The van der Waals surface area contributed by atoms with Crippen molar-refractivity contribution in [2.24, 2.45) is 0 Å². The second kappa shape index (κ2) is 8.60. The van der Waals surface area contributed by atoms with Gasteiger partial charge in [-0.15, -0.1) is 23.4 Å². The molecule has 2 aromatic heterocycles. The smallest absolute Gasteiger partial charge is 0.496 e. The third kappa shape index (κ3) is 4.92. The van der Waals surface area contributed by atoms with Crippen LogP contribution >= 0.6 is 11.3 Å². The monoisotopic (exact) mass is 444 g/mol. The predicted octanol–water partition coefficient (Wildman–Crippen LogP) is 5.92. The average molecular weight is 444 g/mol. The lowest BCUT2D eigenvalue weighted by Crippen LogP contribution is -2.16. The molecule has 2 heterocycles. The van der Waals surface area contributed by atoms with Gasteiger partial charge in [-0.2, -0.15) is 0 Å². The molecule has 0 saturated carbocycles. The van der Waals surface area contributed by atoms with Gasteiger partial charge in [-0.05, 0) is 42.5 Å². The summed E-state index contributed by atoms with van der Waals surface area (Å²) in [7, 11) is 1.59. The number of halogens is 3. The molecule has 10 heteroatoms. The summed E-state index contributed by atoms with van der Waals surface area (Å²) < 4.78 is 46.3. The van der Waals surface area contributed by atoms with E-state index in [9.17, 15) is 13.2 Å². The van der Waals surface area contributed by atoms with Crippen LogP contribution in [0.1, 0.15) is 0 Å². The second-order valence-corrected chi connectivity index (χ2v) is 7.18. The van der Waals surface area contributed by atoms with Crippen LogP contribution in [0, 0.1) is 0 Å². The predicted molar refractivity (Wildman–Crippen MR) is 112 cm³/mol. The van der Waals surface area contributed by atoms with Crippen LogP contribution in [-0.4, -0.2) is 28.7 Å². The largest absolute Gasteiger partial charge is 0.573 e. The zero-order valence-electron chi connectivity index (χ0n) is 16.1. The molecule has 0 aliphatic rings. The van der Waals surface area contributed by atoms with Crippen molar-refractivity contribution in [1.29, 1.82) is 0 Å². The number of alkyl halides is 3. The molecule has 0 aliphatic heterocycles. The van der Waals surface area contributed by atoms with Crippen molar-refractivity contribution in [3.8, 4) is 33.3 Å². The first kappa shape index (κ1) is 20.6. The van der Waals surface area contributed by atoms with Crippen molar-refractivity contribution >= 4 is 22.2 Å². The van der Waals surface area contributed by atoms with Crippen LogP contribution in [0.25, 0.3) is 21.8 Å². The fourth-order valence-corrected chi connectivity index (χ4v) is 3.70. The Morgan fingerprint density at radius 2 is 1.74 bits per heavy atom. The molecule has 0 radical (unpaired) electrons. The number of nitrogens with zero attached hydrogens (tertiary/aromatic N) is 3. The number of pyridine rings is 1. The van der Waals surface area contributed by atoms with E-state index >= 15 is 0 Å². The van der Waals surface area contributed by atoms with Crippen LogP contribution in [0.3, 0.4) is 0 Å². The van der Waals surface area contributed by atoms with Crippen LogP contribution < -0.4 is 14.8 Å². The summed E-state index contributed by atoms with van der Waals surface area (Å²) in [5.74, 6) is 0.355. The van der Waals surface area contributed by atoms with E-state index in [1.807, 2.05) is 36.4 Å². The summed E-state index contributed by atoms with van der Waals surface area (Å²) in [6.45, 7) is 0. The Balaban J connectivity index is 1.60. The minimum Gasteiger partial charge on any atom is -0.496 e. The van der Waals surface area contributed by atoms with E-state index in [4.69, 9.17) is 4.74 Å². The highest BCUT2D eigenvalue weighted by molar-refractivity contribution is 7.18. The van der Waals surface area contributed by atoms with Crippen molar-refractivity contribution < 1.29 is 22.6 Å². The molecule has 0 unspecified atom stereocenters. The maximum absolute atomic E-state index is 12.3. The first-order valence-corrected chi connectivity index (χ1v) is 9.80. The van der Waals surface area contributed by atoms with Crippen LogP contribution in [-0.2, 0) is 0 Å². The zero-order chi connectivity index (χ0) is 21.8. The maximum atomic E-state index is 12.3. The van der Waals surface area contributed by atoms with Crippen molar-refractivity contribution in [3.05, 3.63) is 66.9 Å². The second-order valence-electron chi connectivity index (χ2n) is 6.21. The summed E-state index contributed by atoms with van der Waals surface area (Å²) in [5.41, 5.74) is 2.88. The van der Waals surface area contributed by atoms with Crippen molar-refractivity contribution in [1.82, 2.24) is 15.2 Å². The molecule has 0 aliphatic carbocycles. The molecule has 1 N–H and O–H groups in total. The molecule has 4 rings (SSSR count). The number of anilines is 2. The SMILES string of the molecule is COc1cccc(-c2nnc(Nc3ccc(OC(F)(F)F)cc3)s2)c1-c1ccccn1. The standard InChI is InChI=1S/C21H15F3N4O2S/c1-29-17-7-4-5-15(18(17)16-6-2-3-12-25-16)19-27-28-20(31-19)26-13-8-10-14(11-9-13)30-21(22,23)24/h2-12H,1H3,(H,26,28). The third-order valence-corrected chi connectivity index (χ3v) is 5.03. The van der Waals surface area contributed by atoms with E-state index in [1.54, 1.807) is 13.3 Å². The molecule has 0 fully saturated rings. The highest BCUT2D eigenvalue weighted by atomic mass is 32.1. The Morgan fingerprint density at radius 1 is 0.935 bits per heavy atom. The van der Waals surface area contributed by atoms with E-state index in [0.29, 0.717) is 21.6 Å². The summed E-state index contributed by atoms with van der Waals surface area (Å²) in [4.78, 5) is 4.42. The van der Waals surface area contributed by atoms with Gasteiger partial charge in [-0.1, -0.05) is 29.5 Å². The fraction of sp³-hybridized carbons (Fsp3) is 0.0952. The van der Waals surface area contributed by atoms with Crippen molar-refractivity contribution in [3.63, 3.8) is 0 Å². The third-order valence-electron chi connectivity index (χ3n) is 4.16. The van der Waals surface area contributed by atoms with Crippen LogP contribution in [0.5, 0.6) is 11.5 Å². The average Bonchev–Trinajstić information content (AvgIpc) is 3.22. The highest BCUT2D eigenvalue weighted by Gasteiger charge is 2.31. The van der Waals surface area contributed by atoms with E-state index in [2.05, 4.69) is 25.2 Å². The Kier molecular flexibility index (Phi) is 5.72. The van der Waals surface area contributed by atoms with E-state index in [0.717, 1.165) is 16.8 Å². The minimum absolute atomic E-state index is 0.299. The molecule has 158 valence electrons. The Labute approximate surface area is 179 Å². The molecule has 0 amide bonds. The van der Waals surface area contributed by atoms with E-state index < -0.39 is 6.36 Å². The Morgan fingerprint density at radius 3 is 2.42 bits per heavy atom. The zero-order valence-corrected chi connectivity index (χ0v) is 16.9. The van der Waals surface area contributed by atoms with E-state index in [1.165, 1.54) is 35.6 Å². The molecule has 0 saturated heterocycles. The van der Waals surface area contributed by atoms with Gasteiger partial charge in [-0.25, -0.2) is 0 Å².